The maximum Gasteiger partial charge on any atom is 0.220 e. The van der Waals surface area contributed by atoms with Crippen LogP contribution in [0, 0.1) is 0 Å². The van der Waals surface area contributed by atoms with E-state index in [4.69, 9.17) is 9.47 Å². The summed E-state index contributed by atoms with van der Waals surface area (Å²) in [6.07, 6.45) is 2.03. The van der Waals surface area contributed by atoms with Gasteiger partial charge in [0.25, 0.3) is 0 Å². The second kappa shape index (κ2) is 9.73. The average Bonchev–Trinajstić information content (AvgIpc) is 2.63. The zero-order valence-corrected chi connectivity index (χ0v) is 14.3. The summed E-state index contributed by atoms with van der Waals surface area (Å²) in [5, 5.41) is 2.95. The molecular weight excluding hydrogens is 302 g/mol. The Balaban J connectivity index is 1.79. The largest absolute Gasteiger partial charge is 0.496 e. The number of methoxy groups -OCH3 is 2. The molecule has 0 aliphatic rings. The number of nitrogens with one attached hydrogen (secondary N) is 1. The molecule has 4 nitrogen and oxygen atoms in total. The fourth-order valence-electron chi connectivity index (χ4n) is 2.65. The maximum atomic E-state index is 12.0. The van der Waals surface area contributed by atoms with Crippen molar-refractivity contribution in [3.63, 3.8) is 0 Å². The lowest BCUT2D eigenvalue weighted by molar-refractivity contribution is -0.121. The van der Waals surface area contributed by atoms with Crippen LogP contribution in [0.25, 0.3) is 0 Å². The second-order valence-corrected chi connectivity index (χ2v) is 5.61. The van der Waals surface area contributed by atoms with E-state index in [-0.39, 0.29) is 12.0 Å². The van der Waals surface area contributed by atoms with E-state index >= 15 is 0 Å². The first-order valence-electron chi connectivity index (χ1n) is 8.21. The number of rotatable bonds is 9. The van der Waals surface area contributed by atoms with Crippen LogP contribution in [0.5, 0.6) is 5.75 Å². The van der Waals surface area contributed by atoms with Crippen molar-refractivity contribution in [3.8, 4) is 5.75 Å². The number of aryl methyl sites for hydroxylation is 1. The molecule has 0 bridgehead atoms. The van der Waals surface area contributed by atoms with E-state index in [1.807, 2.05) is 42.5 Å². The third-order valence-electron chi connectivity index (χ3n) is 3.97. The van der Waals surface area contributed by atoms with Gasteiger partial charge >= 0.3 is 0 Å². The normalized spacial score (nSPS) is 11.8. The quantitative estimate of drug-likeness (QED) is 0.766. The highest BCUT2D eigenvalue weighted by Gasteiger charge is 2.16. The van der Waals surface area contributed by atoms with Gasteiger partial charge in [-0.25, -0.2) is 0 Å². The van der Waals surface area contributed by atoms with E-state index < -0.39 is 0 Å². The van der Waals surface area contributed by atoms with Crippen molar-refractivity contribution in [2.75, 3.05) is 20.8 Å². The number of carbonyl (C=O) groups excluding carboxylic acids is 1. The average molecular weight is 327 g/mol. The van der Waals surface area contributed by atoms with Crippen molar-refractivity contribution in [2.45, 2.75) is 25.4 Å². The molecule has 0 saturated heterocycles. The van der Waals surface area contributed by atoms with Crippen LogP contribution in [0.15, 0.2) is 54.6 Å². The van der Waals surface area contributed by atoms with Gasteiger partial charge in [0, 0.05) is 25.6 Å². The topological polar surface area (TPSA) is 47.6 Å². The van der Waals surface area contributed by atoms with Gasteiger partial charge in [0.2, 0.25) is 5.91 Å². The van der Waals surface area contributed by atoms with Gasteiger partial charge in [0.05, 0.1) is 7.11 Å². The van der Waals surface area contributed by atoms with Crippen LogP contribution < -0.4 is 10.1 Å². The summed E-state index contributed by atoms with van der Waals surface area (Å²) < 4.78 is 10.9. The van der Waals surface area contributed by atoms with Gasteiger partial charge in [-0.3, -0.25) is 4.79 Å². The van der Waals surface area contributed by atoms with E-state index in [1.165, 1.54) is 5.56 Å². The molecule has 24 heavy (non-hydrogen) atoms. The molecule has 0 heterocycles. The van der Waals surface area contributed by atoms with Gasteiger partial charge in [0.15, 0.2) is 0 Å². The minimum atomic E-state index is -0.223. The first-order valence-corrected chi connectivity index (χ1v) is 8.21. The number of hydrogen-bond donors (Lipinski definition) is 1. The summed E-state index contributed by atoms with van der Waals surface area (Å²) in [7, 11) is 3.27. The third kappa shape index (κ3) is 5.39. The van der Waals surface area contributed by atoms with Crippen LogP contribution >= 0.6 is 0 Å². The van der Waals surface area contributed by atoms with Crippen molar-refractivity contribution in [1.82, 2.24) is 5.32 Å². The monoisotopic (exact) mass is 327 g/mol. The number of carbonyl (C=O) groups is 1. The molecule has 1 atom stereocenters. The van der Waals surface area contributed by atoms with Gasteiger partial charge in [-0.05, 0) is 24.5 Å². The molecule has 0 aliphatic heterocycles. The number of ether oxygens (including phenoxy) is 2. The van der Waals surface area contributed by atoms with Crippen molar-refractivity contribution in [1.29, 1.82) is 0 Å². The fourth-order valence-corrected chi connectivity index (χ4v) is 2.65. The molecule has 0 radical (unpaired) electrons. The Bertz CT molecular complexity index is 628. The molecule has 0 saturated carbocycles. The van der Waals surface area contributed by atoms with Crippen molar-refractivity contribution < 1.29 is 14.3 Å². The Morgan fingerprint density at radius 1 is 1.04 bits per heavy atom. The molecule has 0 aromatic heterocycles. The molecule has 2 aromatic rings. The number of hydrogen-bond acceptors (Lipinski definition) is 3. The lowest BCUT2D eigenvalue weighted by Gasteiger charge is -2.19. The van der Waals surface area contributed by atoms with Crippen molar-refractivity contribution in [3.05, 3.63) is 65.7 Å². The summed E-state index contributed by atoms with van der Waals surface area (Å²) in [5.41, 5.74) is 2.20. The van der Waals surface area contributed by atoms with E-state index in [1.54, 1.807) is 14.2 Å². The van der Waals surface area contributed by atoms with E-state index in [0.29, 0.717) is 13.0 Å². The van der Waals surface area contributed by atoms with Crippen molar-refractivity contribution >= 4 is 5.91 Å². The molecule has 2 rings (SSSR count). The Hall–Kier alpha value is -2.33. The Morgan fingerprint density at radius 2 is 1.75 bits per heavy atom. The standard InChI is InChI=1S/C20H25NO3/c1-23-18-13-7-6-12-17(18)19(24-2)15-21-20(22)14-8-11-16-9-4-3-5-10-16/h3-7,9-10,12-13,19H,8,11,14-15H2,1-2H3,(H,21,22). The van der Waals surface area contributed by atoms with Crippen LogP contribution in [0.2, 0.25) is 0 Å². The molecule has 1 amide bonds. The van der Waals surface area contributed by atoms with Crippen LogP contribution in [-0.2, 0) is 16.0 Å². The number of amides is 1. The molecule has 4 heteroatoms. The predicted molar refractivity (Wildman–Crippen MR) is 95.1 cm³/mol. The van der Waals surface area contributed by atoms with Crippen LogP contribution in [-0.4, -0.2) is 26.7 Å². The number of benzene rings is 2. The zero-order valence-electron chi connectivity index (χ0n) is 14.3. The van der Waals surface area contributed by atoms with Gasteiger partial charge in [-0.2, -0.15) is 0 Å². The molecule has 1 unspecified atom stereocenters. The highest BCUT2D eigenvalue weighted by molar-refractivity contribution is 5.75. The Labute approximate surface area is 143 Å². The zero-order chi connectivity index (χ0) is 17.2. The lowest BCUT2D eigenvalue weighted by Crippen LogP contribution is -2.29. The third-order valence-corrected chi connectivity index (χ3v) is 3.97. The first kappa shape index (κ1) is 18.0. The minimum absolute atomic E-state index is 0.0443. The van der Waals surface area contributed by atoms with E-state index in [9.17, 15) is 4.79 Å². The highest BCUT2D eigenvalue weighted by Crippen LogP contribution is 2.26. The number of para-hydroxylation sites is 1. The molecule has 0 spiro atoms. The fraction of sp³-hybridized carbons (Fsp3) is 0.350. The summed E-state index contributed by atoms with van der Waals surface area (Å²) in [6, 6.07) is 17.9. The molecule has 0 fully saturated rings. The maximum absolute atomic E-state index is 12.0. The Kier molecular flexibility index (Phi) is 7.30. The summed E-state index contributed by atoms with van der Waals surface area (Å²) in [6.45, 7) is 0.432. The molecule has 1 N–H and O–H groups in total. The predicted octanol–water partition coefficient (Wildman–Crippen LogP) is 3.52. The lowest BCUT2D eigenvalue weighted by atomic mass is 10.1. The summed E-state index contributed by atoms with van der Waals surface area (Å²) in [4.78, 5) is 12.0. The first-order chi connectivity index (χ1) is 11.7. The van der Waals surface area contributed by atoms with Gasteiger partial charge in [0.1, 0.15) is 11.9 Å². The second-order valence-electron chi connectivity index (χ2n) is 5.61. The molecule has 2 aromatic carbocycles. The van der Waals surface area contributed by atoms with Crippen LogP contribution in [0.3, 0.4) is 0 Å². The molecule has 0 aliphatic carbocycles. The van der Waals surface area contributed by atoms with Gasteiger partial charge in [-0.15, -0.1) is 0 Å². The molecular formula is C20H25NO3. The SMILES string of the molecule is COc1ccccc1C(CNC(=O)CCCc1ccccc1)OC. The minimum Gasteiger partial charge on any atom is -0.496 e. The van der Waals surface area contributed by atoms with Crippen molar-refractivity contribution in [2.24, 2.45) is 0 Å². The Morgan fingerprint density at radius 3 is 2.46 bits per heavy atom. The van der Waals surface area contributed by atoms with Crippen LogP contribution in [0.4, 0.5) is 0 Å². The molecule has 128 valence electrons. The van der Waals surface area contributed by atoms with Crippen LogP contribution in [0.1, 0.15) is 30.1 Å². The van der Waals surface area contributed by atoms with E-state index in [0.717, 1.165) is 24.2 Å². The van der Waals surface area contributed by atoms with Gasteiger partial charge in [-0.1, -0.05) is 48.5 Å². The summed E-state index contributed by atoms with van der Waals surface area (Å²) >= 11 is 0. The summed E-state index contributed by atoms with van der Waals surface area (Å²) in [5.74, 6) is 0.811. The van der Waals surface area contributed by atoms with Gasteiger partial charge < -0.3 is 14.8 Å². The van der Waals surface area contributed by atoms with E-state index in [2.05, 4.69) is 17.4 Å². The highest BCUT2D eigenvalue weighted by atomic mass is 16.5. The smallest absolute Gasteiger partial charge is 0.220 e.